The Morgan fingerprint density at radius 1 is 1.24 bits per heavy atom. The minimum atomic E-state index is 0.116. The second-order valence-electron chi connectivity index (χ2n) is 6.59. The zero-order valence-corrected chi connectivity index (χ0v) is 11.2. The summed E-state index contributed by atoms with van der Waals surface area (Å²) in [7, 11) is 0. The first kappa shape index (κ1) is 12.7. The number of hydrogen-bond acceptors (Lipinski definition) is 2. The fourth-order valence-electron chi connectivity index (χ4n) is 2.78. The summed E-state index contributed by atoms with van der Waals surface area (Å²) < 4.78 is 0. The first-order valence-corrected chi connectivity index (χ1v) is 6.70. The Morgan fingerprint density at radius 2 is 1.82 bits per heavy atom. The summed E-state index contributed by atoms with van der Waals surface area (Å²) >= 11 is 0. The predicted molar refractivity (Wildman–Crippen MR) is 68.7 cm³/mol. The van der Waals surface area contributed by atoms with Crippen molar-refractivity contribution in [3.05, 3.63) is 0 Å². The van der Waals surface area contributed by atoms with Gasteiger partial charge >= 0.3 is 6.03 Å². The fourth-order valence-corrected chi connectivity index (χ4v) is 2.78. The zero-order valence-electron chi connectivity index (χ0n) is 11.2. The molecule has 98 valence electrons. The van der Waals surface area contributed by atoms with Gasteiger partial charge in [-0.1, -0.05) is 20.8 Å². The standard InChI is InChI=1S/C13H25N3O/c1-13(2,3)11-8-16(12(17)15-11)10-6-4-9(14)5-7-10/h9-11H,4-8,14H2,1-3H3,(H,15,17). The first-order valence-electron chi connectivity index (χ1n) is 6.70. The molecule has 1 saturated carbocycles. The summed E-state index contributed by atoms with van der Waals surface area (Å²) in [6.45, 7) is 7.39. The molecule has 0 aromatic carbocycles. The van der Waals surface area contributed by atoms with Gasteiger partial charge in [-0.2, -0.15) is 0 Å². The third kappa shape index (κ3) is 2.73. The molecule has 1 saturated heterocycles. The van der Waals surface area contributed by atoms with Crippen LogP contribution in [0.4, 0.5) is 4.79 Å². The number of nitrogens with two attached hydrogens (primary N) is 1. The van der Waals surface area contributed by atoms with Crippen LogP contribution in [0.25, 0.3) is 0 Å². The van der Waals surface area contributed by atoms with Gasteiger partial charge in [0.05, 0.1) is 6.04 Å². The molecule has 3 N–H and O–H groups in total. The first-order chi connectivity index (χ1) is 7.88. The molecule has 4 nitrogen and oxygen atoms in total. The molecule has 0 spiro atoms. The number of rotatable bonds is 1. The van der Waals surface area contributed by atoms with Crippen LogP contribution in [-0.2, 0) is 0 Å². The quantitative estimate of drug-likeness (QED) is 0.731. The van der Waals surface area contributed by atoms with Gasteiger partial charge in [0, 0.05) is 18.6 Å². The van der Waals surface area contributed by atoms with Crippen LogP contribution in [0.1, 0.15) is 46.5 Å². The van der Waals surface area contributed by atoms with Crippen molar-refractivity contribution < 1.29 is 4.79 Å². The molecule has 17 heavy (non-hydrogen) atoms. The Hall–Kier alpha value is -0.770. The van der Waals surface area contributed by atoms with Gasteiger partial charge in [0.25, 0.3) is 0 Å². The van der Waals surface area contributed by atoms with Gasteiger partial charge in [-0.3, -0.25) is 0 Å². The molecule has 0 bridgehead atoms. The number of urea groups is 1. The minimum absolute atomic E-state index is 0.116. The van der Waals surface area contributed by atoms with E-state index in [0.717, 1.165) is 32.2 Å². The van der Waals surface area contributed by atoms with Crippen LogP contribution in [0.3, 0.4) is 0 Å². The summed E-state index contributed by atoms with van der Waals surface area (Å²) in [5, 5.41) is 3.11. The molecule has 0 radical (unpaired) electrons. The molecule has 2 fully saturated rings. The SMILES string of the molecule is CC(C)(C)C1CN(C2CCC(N)CC2)C(=O)N1. The van der Waals surface area contributed by atoms with Crippen molar-refractivity contribution in [1.29, 1.82) is 0 Å². The van der Waals surface area contributed by atoms with Gasteiger partial charge < -0.3 is 16.0 Å². The van der Waals surface area contributed by atoms with Crippen LogP contribution in [0.2, 0.25) is 0 Å². The largest absolute Gasteiger partial charge is 0.333 e. The van der Waals surface area contributed by atoms with Gasteiger partial charge in [0.2, 0.25) is 0 Å². The van der Waals surface area contributed by atoms with Crippen molar-refractivity contribution in [1.82, 2.24) is 10.2 Å². The van der Waals surface area contributed by atoms with Gasteiger partial charge in [-0.05, 0) is 31.1 Å². The Balaban J connectivity index is 1.96. The molecule has 2 aliphatic rings. The van der Waals surface area contributed by atoms with Crippen LogP contribution >= 0.6 is 0 Å². The highest BCUT2D eigenvalue weighted by Crippen LogP contribution is 2.29. The maximum absolute atomic E-state index is 12.0. The topological polar surface area (TPSA) is 58.4 Å². The molecule has 4 heteroatoms. The molecular formula is C13H25N3O. The smallest absolute Gasteiger partial charge is 0.318 e. The molecule has 0 aromatic heterocycles. The van der Waals surface area contributed by atoms with E-state index in [1.54, 1.807) is 0 Å². The van der Waals surface area contributed by atoms with Crippen molar-refractivity contribution in [2.45, 2.75) is 64.6 Å². The highest BCUT2D eigenvalue weighted by Gasteiger charge is 2.39. The Kier molecular flexibility index (Phi) is 3.34. The van der Waals surface area contributed by atoms with Crippen molar-refractivity contribution in [3.63, 3.8) is 0 Å². The lowest BCUT2D eigenvalue weighted by atomic mass is 9.86. The van der Waals surface area contributed by atoms with Crippen molar-refractivity contribution >= 4 is 6.03 Å². The Labute approximate surface area is 104 Å². The molecule has 0 aromatic rings. The van der Waals surface area contributed by atoms with E-state index in [1.165, 1.54) is 0 Å². The van der Waals surface area contributed by atoms with Crippen LogP contribution in [0.5, 0.6) is 0 Å². The number of nitrogens with zero attached hydrogens (tertiary/aromatic N) is 1. The molecule has 1 aliphatic carbocycles. The Bertz CT molecular complexity index is 290. The van der Waals surface area contributed by atoms with Crippen LogP contribution < -0.4 is 11.1 Å². The third-order valence-electron chi connectivity index (χ3n) is 4.17. The normalized spacial score (nSPS) is 34.9. The maximum Gasteiger partial charge on any atom is 0.318 e. The highest BCUT2D eigenvalue weighted by atomic mass is 16.2. The van der Waals surface area contributed by atoms with Gasteiger partial charge in [0.1, 0.15) is 0 Å². The van der Waals surface area contributed by atoms with E-state index in [-0.39, 0.29) is 17.5 Å². The maximum atomic E-state index is 12.0. The van der Waals surface area contributed by atoms with E-state index in [2.05, 4.69) is 26.1 Å². The monoisotopic (exact) mass is 239 g/mol. The lowest BCUT2D eigenvalue weighted by molar-refractivity contribution is 0.170. The molecule has 1 aliphatic heterocycles. The molecule has 2 rings (SSSR count). The summed E-state index contributed by atoms with van der Waals surface area (Å²) in [6.07, 6.45) is 4.22. The summed E-state index contributed by atoms with van der Waals surface area (Å²) in [4.78, 5) is 14.0. The second kappa shape index (κ2) is 4.48. The van der Waals surface area contributed by atoms with Crippen molar-refractivity contribution in [2.24, 2.45) is 11.1 Å². The van der Waals surface area contributed by atoms with E-state index >= 15 is 0 Å². The van der Waals surface area contributed by atoms with E-state index in [1.807, 2.05) is 4.90 Å². The molecule has 1 heterocycles. The molecule has 2 amide bonds. The Morgan fingerprint density at radius 3 is 2.29 bits per heavy atom. The van der Waals surface area contributed by atoms with E-state index in [0.29, 0.717) is 12.1 Å². The van der Waals surface area contributed by atoms with E-state index in [9.17, 15) is 4.79 Å². The summed E-state index contributed by atoms with van der Waals surface area (Å²) in [6, 6.07) is 1.13. The van der Waals surface area contributed by atoms with Crippen LogP contribution in [-0.4, -0.2) is 35.6 Å². The van der Waals surface area contributed by atoms with Gasteiger partial charge in [0.15, 0.2) is 0 Å². The number of amides is 2. The van der Waals surface area contributed by atoms with Crippen molar-refractivity contribution in [2.75, 3.05) is 6.54 Å². The summed E-state index contributed by atoms with van der Waals surface area (Å²) in [5.74, 6) is 0. The van der Waals surface area contributed by atoms with Crippen LogP contribution in [0.15, 0.2) is 0 Å². The average Bonchev–Trinajstić information content (AvgIpc) is 2.61. The van der Waals surface area contributed by atoms with Gasteiger partial charge in [-0.25, -0.2) is 4.79 Å². The second-order valence-corrected chi connectivity index (χ2v) is 6.59. The number of nitrogens with one attached hydrogen (secondary N) is 1. The summed E-state index contributed by atoms with van der Waals surface area (Å²) in [5.41, 5.74) is 6.04. The third-order valence-corrected chi connectivity index (χ3v) is 4.17. The number of carbonyl (C=O) groups is 1. The molecule has 1 unspecified atom stereocenters. The van der Waals surface area contributed by atoms with Crippen LogP contribution in [0, 0.1) is 5.41 Å². The lowest BCUT2D eigenvalue weighted by Crippen LogP contribution is -2.42. The number of hydrogen-bond donors (Lipinski definition) is 2. The van der Waals surface area contributed by atoms with Gasteiger partial charge in [-0.15, -0.1) is 0 Å². The molecule has 1 atom stereocenters. The van der Waals surface area contributed by atoms with Crippen molar-refractivity contribution in [3.8, 4) is 0 Å². The zero-order chi connectivity index (χ0) is 12.6. The minimum Gasteiger partial charge on any atom is -0.333 e. The molecular weight excluding hydrogens is 214 g/mol. The highest BCUT2D eigenvalue weighted by molar-refractivity contribution is 5.77. The fraction of sp³-hybridized carbons (Fsp3) is 0.923. The van der Waals surface area contributed by atoms with E-state index in [4.69, 9.17) is 5.73 Å². The predicted octanol–water partition coefficient (Wildman–Crippen LogP) is 1.70. The average molecular weight is 239 g/mol. The lowest BCUT2D eigenvalue weighted by Gasteiger charge is -2.33. The van der Waals surface area contributed by atoms with E-state index < -0.39 is 0 Å². The number of carbonyl (C=O) groups excluding carboxylic acids is 1.